The molecule has 0 saturated carbocycles. The van der Waals surface area contributed by atoms with E-state index in [4.69, 9.17) is 4.74 Å². The van der Waals surface area contributed by atoms with Crippen LogP contribution in [0.4, 0.5) is 0 Å². The number of nitrogens with zero attached hydrogens (tertiary/aromatic N) is 3. The summed E-state index contributed by atoms with van der Waals surface area (Å²) in [7, 11) is 0. The van der Waals surface area contributed by atoms with Gasteiger partial charge in [0.1, 0.15) is 18.5 Å². The highest BCUT2D eigenvalue weighted by atomic mass is 16.5. The number of rotatable bonds is 10. The van der Waals surface area contributed by atoms with Crippen molar-refractivity contribution >= 4 is 0 Å². The largest absolute Gasteiger partial charge is 0.491 e. The van der Waals surface area contributed by atoms with E-state index in [1.54, 1.807) is 0 Å². The molecule has 0 spiro atoms. The molecule has 1 aromatic heterocycles. The highest BCUT2D eigenvalue weighted by molar-refractivity contribution is 5.28. The third-order valence-corrected chi connectivity index (χ3v) is 5.38. The average molecular weight is 400 g/mol. The van der Waals surface area contributed by atoms with Gasteiger partial charge in [0.25, 0.3) is 0 Å². The molecule has 158 valence electrons. The second-order valence-electron chi connectivity index (χ2n) is 7.80. The van der Waals surface area contributed by atoms with Crippen molar-refractivity contribution < 1.29 is 14.9 Å². The first-order valence-corrected chi connectivity index (χ1v) is 10.5. The van der Waals surface area contributed by atoms with Crippen molar-refractivity contribution in [3.05, 3.63) is 59.9 Å². The Bertz CT molecular complexity index is 720. The maximum atomic E-state index is 10.3. The number of hydrogen-bond acceptors (Lipinski definition) is 6. The van der Waals surface area contributed by atoms with Crippen LogP contribution in [0.25, 0.3) is 0 Å². The van der Waals surface area contributed by atoms with E-state index >= 15 is 0 Å². The number of piperidine rings is 1. The zero-order chi connectivity index (χ0) is 20.5. The fraction of sp³-hybridized carbons (Fsp3) is 0.522. The molecule has 1 fully saturated rings. The van der Waals surface area contributed by atoms with Gasteiger partial charge in [-0.15, -0.1) is 0 Å². The molecule has 3 rings (SSSR count). The van der Waals surface area contributed by atoms with Gasteiger partial charge in [0.2, 0.25) is 0 Å². The van der Waals surface area contributed by atoms with Crippen molar-refractivity contribution in [2.75, 3.05) is 32.8 Å². The lowest BCUT2D eigenvalue weighted by Gasteiger charge is -2.30. The Kier molecular flexibility index (Phi) is 8.43. The van der Waals surface area contributed by atoms with Crippen LogP contribution >= 0.6 is 0 Å². The molecule has 1 atom stereocenters. The Balaban J connectivity index is 1.47. The summed E-state index contributed by atoms with van der Waals surface area (Å²) in [4.78, 5) is 8.64. The lowest BCUT2D eigenvalue weighted by molar-refractivity contribution is 0.0337. The minimum Gasteiger partial charge on any atom is -0.491 e. The summed E-state index contributed by atoms with van der Waals surface area (Å²) in [6.45, 7) is 7.37. The molecule has 6 nitrogen and oxygen atoms in total. The van der Waals surface area contributed by atoms with Gasteiger partial charge in [-0.25, -0.2) is 0 Å². The van der Waals surface area contributed by atoms with Crippen LogP contribution in [0.3, 0.4) is 0 Å². The van der Waals surface area contributed by atoms with E-state index in [0.29, 0.717) is 6.54 Å². The lowest BCUT2D eigenvalue weighted by Crippen LogP contribution is -2.41. The molecule has 6 heteroatoms. The van der Waals surface area contributed by atoms with E-state index in [-0.39, 0.29) is 12.7 Å². The zero-order valence-electron chi connectivity index (χ0n) is 17.3. The van der Waals surface area contributed by atoms with Crippen molar-refractivity contribution in [1.29, 1.82) is 0 Å². The first kappa shape index (κ1) is 21.7. The topological polar surface area (TPSA) is 69.1 Å². The number of pyridine rings is 1. The summed E-state index contributed by atoms with van der Waals surface area (Å²) in [6, 6.07) is 12.2. The Labute approximate surface area is 173 Å². The first-order valence-electron chi connectivity index (χ1n) is 10.5. The highest BCUT2D eigenvalue weighted by Crippen LogP contribution is 2.17. The van der Waals surface area contributed by atoms with E-state index < -0.39 is 6.10 Å². The van der Waals surface area contributed by atoms with Gasteiger partial charge in [0, 0.05) is 45.1 Å². The van der Waals surface area contributed by atoms with Gasteiger partial charge >= 0.3 is 0 Å². The van der Waals surface area contributed by atoms with Crippen LogP contribution < -0.4 is 4.74 Å². The third kappa shape index (κ3) is 7.40. The van der Waals surface area contributed by atoms with E-state index in [0.717, 1.165) is 51.3 Å². The maximum Gasteiger partial charge on any atom is 0.119 e. The van der Waals surface area contributed by atoms with Gasteiger partial charge in [-0.05, 0) is 54.8 Å². The van der Waals surface area contributed by atoms with Crippen LogP contribution in [0.5, 0.6) is 5.75 Å². The summed E-state index contributed by atoms with van der Waals surface area (Å²) in [5.74, 6) is 0.788. The molecular formula is C23H33N3O3. The van der Waals surface area contributed by atoms with Crippen LogP contribution in [0.1, 0.15) is 30.9 Å². The number of likely N-dealkylation sites (tertiary alicyclic amines) is 1. The quantitative estimate of drug-likeness (QED) is 0.639. The first-order chi connectivity index (χ1) is 14.1. The highest BCUT2D eigenvalue weighted by Gasteiger charge is 2.19. The van der Waals surface area contributed by atoms with E-state index in [2.05, 4.69) is 33.8 Å². The molecule has 0 radical (unpaired) electrons. The average Bonchev–Trinajstić information content (AvgIpc) is 2.74. The minimum atomic E-state index is -0.535. The van der Waals surface area contributed by atoms with Gasteiger partial charge < -0.3 is 19.8 Å². The molecule has 1 aliphatic heterocycles. The van der Waals surface area contributed by atoms with Gasteiger partial charge in [-0.3, -0.25) is 9.88 Å². The zero-order valence-corrected chi connectivity index (χ0v) is 17.3. The van der Waals surface area contributed by atoms with Gasteiger partial charge in [0.15, 0.2) is 0 Å². The molecule has 2 heterocycles. The fourth-order valence-electron chi connectivity index (χ4n) is 3.66. The number of aromatic nitrogens is 1. The van der Waals surface area contributed by atoms with Crippen molar-refractivity contribution in [1.82, 2.24) is 14.8 Å². The van der Waals surface area contributed by atoms with Crippen molar-refractivity contribution in [3.8, 4) is 5.75 Å². The number of β-amino-alcohol motifs (C(OH)–C–C–N with tert-alkyl or cyclic N) is 1. The Morgan fingerprint density at radius 2 is 1.86 bits per heavy atom. The van der Waals surface area contributed by atoms with Crippen LogP contribution in [0, 0.1) is 0 Å². The van der Waals surface area contributed by atoms with Crippen molar-refractivity contribution in [3.63, 3.8) is 0 Å². The van der Waals surface area contributed by atoms with E-state index in [9.17, 15) is 10.2 Å². The molecule has 0 bridgehead atoms. The van der Waals surface area contributed by atoms with Gasteiger partial charge in [-0.2, -0.15) is 0 Å². The van der Waals surface area contributed by atoms with E-state index in [1.165, 1.54) is 11.1 Å². The number of hydrogen-bond donors (Lipinski definition) is 2. The second kappa shape index (κ2) is 11.3. The van der Waals surface area contributed by atoms with Crippen LogP contribution in [0.15, 0.2) is 48.8 Å². The molecule has 0 aliphatic carbocycles. The molecular weight excluding hydrogens is 366 g/mol. The molecule has 2 N–H and O–H groups in total. The Morgan fingerprint density at radius 3 is 2.59 bits per heavy atom. The Morgan fingerprint density at radius 1 is 1.14 bits per heavy atom. The maximum absolute atomic E-state index is 10.3. The Hall–Kier alpha value is -1.99. The molecule has 1 aromatic carbocycles. The number of ether oxygens (including phenoxy) is 1. The molecule has 29 heavy (non-hydrogen) atoms. The van der Waals surface area contributed by atoms with Gasteiger partial charge in [-0.1, -0.05) is 19.1 Å². The van der Waals surface area contributed by atoms with Crippen molar-refractivity contribution in [2.45, 2.75) is 45.1 Å². The molecule has 1 aliphatic rings. The number of aliphatic hydroxyl groups excluding tert-OH is 2. The molecule has 0 amide bonds. The summed E-state index contributed by atoms with van der Waals surface area (Å²) >= 11 is 0. The van der Waals surface area contributed by atoms with Crippen LogP contribution in [-0.4, -0.2) is 70.0 Å². The molecule has 0 unspecified atom stereocenters. The van der Waals surface area contributed by atoms with Crippen molar-refractivity contribution in [2.24, 2.45) is 0 Å². The lowest BCUT2D eigenvalue weighted by atomic mass is 10.1. The van der Waals surface area contributed by atoms with E-state index in [1.807, 2.05) is 36.7 Å². The number of benzene rings is 1. The third-order valence-electron chi connectivity index (χ3n) is 5.38. The summed E-state index contributed by atoms with van der Waals surface area (Å²) in [6.07, 6.45) is 4.49. The van der Waals surface area contributed by atoms with Crippen LogP contribution in [0.2, 0.25) is 0 Å². The fourth-order valence-corrected chi connectivity index (χ4v) is 3.66. The predicted octanol–water partition coefficient (Wildman–Crippen LogP) is 2.30. The SMILES string of the molecule is CCN(Cc1ccncc1)Cc1cccc(OC[C@@H](O)CN2CCC(O)CC2)c1. The standard InChI is InChI=1S/C23H33N3O3/c1-2-25(15-19-6-10-24-11-7-19)16-20-4-3-5-23(14-20)29-18-22(28)17-26-12-8-21(27)9-13-26/h3-7,10-11,14,21-22,27-28H,2,8-9,12-13,15-18H2,1H3/t22-/m0/s1. The van der Waals surface area contributed by atoms with Gasteiger partial charge in [0.05, 0.1) is 6.10 Å². The summed E-state index contributed by atoms with van der Waals surface area (Å²) < 4.78 is 5.85. The summed E-state index contributed by atoms with van der Waals surface area (Å²) in [5, 5.41) is 19.9. The molecule has 2 aromatic rings. The predicted molar refractivity (Wildman–Crippen MR) is 114 cm³/mol. The monoisotopic (exact) mass is 399 g/mol. The minimum absolute atomic E-state index is 0.191. The summed E-state index contributed by atoms with van der Waals surface area (Å²) in [5.41, 5.74) is 2.44. The number of aliphatic hydroxyl groups is 2. The molecule has 1 saturated heterocycles. The smallest absolute Gasteiger partial charge is 0.119 e. The normalized spacial score (nSPS) is 16.8. The van der Waals surface area contributed by atoms with Crippen LogP contribution in [-0.2, 0) is 13.1 Å². The second-order valence-corrected chi connectivity index (χ2v) is 7.80.